The fourth-order valence-corrected chi connectivity index (χ4v) is 2.52. The summed E-state index contributed by atoms with van der Waals surface area (Å²) in [6, 6.07) is 8.52. The molecule has 0 heterocycles. The number of rotatable bonds is 4. The van der Waals surface area contributed by atoms with Crippen LogP contribution in [-0.4, -0.2) is 23.3 Å². The lowest BCUT2D eigenvalue weighted by Crippen LogP contribution is -2.53. The maximum atomic E-state index is 5.98. The van der Waals surface area contributed by atoms with E-state index >= 15 is 0 Å². The monoisotopic (exact) mass is 291 g/mol. The van der Waals surface area contributed by atoms with Crippen molar-refractivity contribution in [1.29, 1.82) is 0 Å². The predicted octanol–water partition coefficient (Wildman–Crippen LogP) is 4.16. The van der Waals surface area contributed by atoms with Gasteiger partial charge in [-0.3, -0.25) is 0 Å². The summed E-state index contributed by atoms with van der Waals surface area (Å²) in [6.45, 7) is 12.8. The highest BCUT2D eigenvalue weighted by molar-refractivity contribution is 5.32. The first-order valence-electron chi connectivity index (χ1n) is 7.84. The minimum absolute atomic E-state index is 0.164. The number of ether oxygens (including phenoxy) is 2. The van der Waals surface area contributed by atoms with Gasteiger partial charge in [0.1, 0.15) is 23.2 Å². The van der Waals surface area contributed by atoms with Gasteiger partial charge in [-0.25, -0.2) is 0 Å². The van der Waals surface area contributed by atoms with Crippen molar-refractivity contribution >= 4 is 0 Å². The van der Waals surface area contributed by atoms with Crippen molar-refractivity contribution < 1.29 is 9.47 Å². The topological polar surface area (TPSA) is 30.5 Å². The molecule has 0 spiro atoms. The molecule has 118 valence electrons. The SMILES string of the molecule is CC(C)(C)N[C@H]1C[C@H](Oc2ccc(OC(C)(C)C)cc2)C1. The van der Waals surface area contributed by atoms with Gasteiger partial charge in [-0.15, -0.1) is 0 Å². The van der Waals surface area contributed by atoms with Crippen LogP contribution in [0.5, 0.6) is 11.5 Å². The molecular formula is C18H29NO2. The molecule has 0 saturated heterocycles. The first-order chi connectivity index (χ1) is 9.61. The van der Waals surface area contributed by atoms with Gasteiger partial charge in [0.15, 0.2) is 0 Å². The Morgan fingerprint density at radius 3 is 1.90 bits per heavy atom. The smallest absolute Gasteiger partial charge is 0.120 e. The maximum absolute atomic E-state index is 5.98. The zero-order valence-electron chi connectivity index (χ0n) is 14.2. The highest BCUT2D eigenvalue weighted by Crippen LogP contribution is 2.29. The van der Waals surface area contributed by atoms with Crippen molar-refractivity contribution in [3.63, 3.8) is 0 Å². The molecule has 0 atom stereocenters. The van der Waals surface area contributed by atoms with Crippen LogP contribution in [0.3, 0.4) is 0 Å². The van der Waals surface area contributed by atoms with Crippen molar-refractivity contribution in [3.05, 3.63) is 24.3 Å². The molecule has 3 nitrogen and oxygen atoms in total. The molecule has 1 N–H and O–H groups in total. The fraction of sp³-hybridized carbons (Fsp3) is 0.667. The highest BCUT2D eigenvalue weighted by atomic mass is 16.5. The summed E-state index contributed by atoms with van der Waals surface area (Å²) >= 11 is 0. The highest BCUT2D eigenvalue weighted by Gasteiger charge is 2.33. The predicted molar refractivity (Wildman–Crippen MR) is 87.1 cm³/mol. The third-order valence-corrected chi connectivity index (χ3v) is 3.28. The van der Waals surface area contributed by atoms with Crippen LogP contribution < -0.4 is 14.8 Å². The van der Waals surface area contributed by atoms with Gasteiger partial charge in [0.05, 0.1) is 0 Å². The van der Waals surface area contributed by atoms with E-state index in [-0.39, 0.29) is 11.1 Å². The summed E-state index contributed by atoms with van der Waals surface area (Å²) in [4.78, 5) is 0. The average Bonchev–Trinajstić information content (AvgIpc) is 2.25. The molecule has 0 unspecified atom stereocenters. The van der Waals surface area contributed by atoms with E-state index in [0.717, 1.165) is 24.3 Å². The van der Waals surface area contributed by atoms with Gasteiger partial charge in [-0.2, -0.15) is 0 Å². The Morgan fingerprint density at radius 1 is 0.905 bits per heavy atom. The summed E-state index contributed by atoms with van der Waals surface area (Å²) in [7, 11) is 0. The van der Waals surface area contributed by atoms with E-state index in [9.17, 15) is 0 Å². The molecule has 1 aliphatic carbocycles. The van der Waals surface area contributed by atoms with Crippen LogP contribution in [-0.2, 0) is 0 Å². The van der Waals surface area contributed by atoms with E-state index < -0.39 is 0 Å². The first kappa shape index (κ1) is 16.2. The molecule has 1 aromatic carbocycles. The lowest BCUT2D eigenvalue weighted by Gasteiger charge is -2.40. The lowest BCUT2D eigenvalue weighted by atomic mass is 9.87. The minimum Gasteiger partial charge on any atom is -0.490 e. The molecule has 0 amide bonds. The molecule has 1 fully saturated rings. The molecule has 3 heteroatoms. The third kappa shape index (κ3) is 5.58. The summed E-state index contributed by atoms with van der Waals surface area (Å²) in [5.41, 5.74) is 0.0176. The van der Waals surface area contributed by atoms with Crippen molar-refractivity contribution in [2.45, 2.75) is 77.7 Å². The van der Waals surface area contributed by atoms with Gasteiger partial charge >= 0.3 is 0 Å². The molecular weight excluding hydrogens is 262 g/mol. The lowest BCUT2D eigenvalue weighted by molar-refractivity contribution is 0.0731. The van der Waals surface area contributed by atoms with Crippen LogP contribution >= 0.6 is 0 Å². The van der Waals surface area contributed by atoms with E-state index in [1.165, 1.54) is 0 Å². The van der Waals surface area contributed by atoms with E-state index in [0.29, 0.717) is 12.1 Å². The van der Waals surface area contributed by atoms with Gasteiger partial charge in [-0.1, -0.05) is 0 Å². The van der Waals surface area contributed by atoms with Crippen LogP contribution in [0.25, 0.3) is 0 Å². The fourth-order valence-electron chi connectivity index (χ4n) is 2.52. The number of hydrogen-bond donors (Lipinski definition) is 1. The van der Waals surface area contributed by atoms with Gasteiger partial charge in [0.2, 0.25) is 0 Å². The van der Waals surface area contributed by atoms with Crippen LogP contribution in [0, 0.1) is 0 Å². The van der Waals surface area contributed by atoms with E-state index in [1.807, 2.05) is 45.0 Å². The van der Waals surface area contributed by atoms with E-state index in [2.05, 4.69) is 26.1 Å². The Bertz CT molecular complexity index is 448. The Hall–Kier alpha value is -1.22. The second-order valence-electron chi connectivity index (χ2n) is 7.99. The molecule has 0 radical (unpaired) electrons. The van der Waals surface area contributed by atoms with Gasteiger partial charge in [0.25, 0.3) is 0 Å². The molecule has 1 aliphatic rings. The van der Waals surface area contributed by atoms with Crippen LogP contribution in [0.15, 0.2) is 24.3 Å². The van der Waals surface area contributed by atoms with Crippen LogP contribution in [0.4, 0.5) is 0 Å². The van der Waals surface area contributed by atoms with Crippen molar-refractivity contribution in [2.24, 2.45) is 0 Å². The van der Waals surface area contributed by atoms with Crippen LogP contribution in [0.2, 0.25) is 0 Å². The normalized spacial score (nSPS) is 22.6. The standard InChI is InChI=1S/C18H29NO2/c1-17(2,3)19-13-11-16(12-13)20-14-7-9-15(10-8-14)21-18(4,5)6/h7-10,13,16,19H,11-12H2,1-6H3/t13-,16-. The van der Waals surface area contributed by atoms with Crippen molar-refractivity contribution in [2.75, 3.05) is 0 Å². The molecule has 0 aromatic heterocycles. The van der Waals surface area contributed by atoms with Gasteiger partial charge < -0.3 is 14.8 Å². The molecule has 1 aromatic rings. The zero-order chi connectivity index (χ0) is 15.7. The largest absolute Gasteiger partial charge is 0.490 e. The van der Waals surface area contributed by atoms with Gasteiger partial charge in [0, 0.05) is 11.6 Å². The number of nitrogens with one attached hydrogen (secondary N) is 1. The molecule has 21 heavy (non-hydrogen) atoms. The maximum Gasteiger partial charge on any atom is 0.120 e. The van der Waals surface area contributed by atoms with Crippen LogP contribution in [0.1, 0.15) is 54.4 Å². The summed E-state index contributed by atoms with van der Waals surface area (Å²) < 4.78 is 11.8. The second-order valence-corrected chi connectivity index (χ2v) is 7.99. The Labute approximate surface area is 129 Å². The molecule has 1 saturated carbocycles. The first-order valence-corrected chi connectivity index (χ1v) is 7.84. The van der Waals surface area contributed by atoms with E-state index in [4.69, 9.17) is 9.47 Å². The minimum atomic E-state index is -0.164. The average molecular weight is 291 g/mol. The number of benzene rings is 1. The van der Waals surface area contributed by atoms with E-state index in [1.54, 1.807) is 0 Å². The second kappa shape index (κ2) is 5.88. The zero-order valence-corrected chi connectivity index (χ0v) is 14.2. The summed E-state index contributed by atoms with van der Waals surface area (Å²) in [6.07, 6.45) is 2.49. The van der Waals surface area contributed by atoms with Gasteiger partial charge in [-0.05, 0) is 78.6 Å². The molecule has 0 bridgehead atoms. The Balaban J connectivity index is 1.78. The molecule has 0 aliphatic heterocycles. The van der Waals surface area contributed by atoms with Crippen molar-refractivity contribution in [3.8, 4) is 11.5 Å². The Kier molecular flexibility index (Phi) is 4.52. The van der Waals surface area contributed by atoms with Crippen molar-refractivity contribution in [1.82, 2.24) is 5.32 Å². The molecule has 2 rings (SSSR count). The Morgan fingerprint density at radius 2 is 1.43 bits per heavy atom. The quantitative estimate of drug-likeness (QED) is 0.903. The summed E-state index contributed by atoms with van der Waals surface area (Å²) in [5, 5.41) is 3.61. The third-order valence-electron chi connectivity index (χ3n) is 3.28. The summed E-state index contributed by atoms with van der Waals surface area (Å²) in [5.74, 6) is 1.81. The number of hydrogen-bond acceptors (Lipinski definition) is 3.